The fourth-order valence-corrected chi connectivity index (χ4v) is 3.14. The van der Waals surface area contributed by atoms with Crippen LogP contribution in [0.15, 0.2) is 77.4 Å². The van der Waals surface area contributed by atoms with Gasteiger partial charge in [-0.05, 0) is 18.2 Å². The van der Waals surface area contributed by atoms with Gasteiger partial charge in [0.2, 0.25) is 0 Å². The third-order valence-corrected chi connectivity index (χ3v) is 4.24. The van der Waals surface area contributed by atoms with Crippen LogP contribution < -0.4 is 0 Å². The highest BCUT2D eigenvalue weighted by Crippen LogP contribution is 2.42. The topological polar surface area (TPSA) is 53.7 Å². The van der Waals surface area contributed by atoms with E-state index in [4.69, 9.17) is 4.42 Å². The Morgan fingerprint density at radius 2 is 1.70 bits per heavy atom. The van der Waals surface area contributed by atoms with Crippen LogP contribution in [-0.4, -0.2) is 15.9 Å². The van der Waals surface area contributed by atoms with E-state index in [2.05, 4.69) is 0 Å². The zero-order valence-corrected chi connectivity index (χ0v) is 12.3. The highest BCUT2D eigenvalue weighted by atomic mass is 16.3. The average molecular weight is 305 g/mol. The van der Waals surface area contributed by atoms with Crippen LogP contribution in [0.1, 0.15) is 27.2 Å². The number of rotatable bonds is 3. The lowest BCUT2D eigenvalue weighted by Crippen LogP contribution is -2.44. The fraction of sp³-hybridized carbons (Fsp3) is 0.105. The Bertz CT molecular complexity index is 842. The Morgan fingerprint density at radius 3 is 2.43 bits per heavy atom. The van der Waals surface area contributed by atoms with Crippen LogP contribution in [0, 0.1) is 0 Å². The second kappa shape index (κ2) is 5.11. The Morgan fingerprint density at radius 1 is 0.957 bits per heavy atom. The second-order valence-electron chi connectivity index (χ2n) is 5.55. The van der Waals surface area contributed by atoms with E-state index in [1.54, 1.807) is 36.6 Å². The van der Waals surface area contributed by atoms with Gasteiger partial charge in [0.25, 0.3) is 5.91 Å². The summed E-state index contributed by atoms with van der Waals surface area (Å²) in [5.74, 6) is 0.420. The van der Waals surface area contributed by atoms with Gasteiger partial charge in [-0.3, -0.25) is 9.69 Å². The molecule has 0 bridgehead atoms. The van der Waals surface area contributed by atoms with Gasteiger partial charge in [0, 0.05) is 16.7 Å². The van der Waals surface area contributed by atoms with Crippen LogP contribution in [0.25, 0.3) is 0 Å². The van der Waals surface area contributed by atoms with Crippen molar-refractivity contribution in [1.29, 1.82) is 0 Å². The molecule has 3 aromatic rings. The van der Waals surface area contributed by atoms with Gasteiger partial charge in [0.1, 0.15) is 5.76 Å². The first-order chi connectivity index (χ1) is 11.2. The van der Waals surface area contributed by atoms with Crippen molar-refractivity contribution < 1.29 is 14.3 Å². The molecule has 0 saturated heterocycles. The van der Waals surface area contributed by atoms with Crippen LogP contribution in [-0.2, 0) is 12.3 Å². The molecule has 0 aliphatic carbocycles. The van der Waals surface area contributed by atoms with Crippen molar-refractivity contribution in [3.8, 4) is 0 Å². The van der Waals surface area contributed by atoms with Crippen LogP contribution in [0.2, 0.25) is 0 Å². The zero-order chi connectivity index (χ0) is 15.9. The number of aliphatic hydroxyl groups is 1. The van der Waals surface area contributed by atoms with E-state index in [1.807, 2.05) is 36.4 Å². The van der Waals surface area contributed by atoms with E-state index >= 15 is 0 Å². The molecule has 4 rings (SSSR count). The number of furan rings is 1. The molecule has 0 spiro atoms. The van der Waals surface area contributed by atoms with Crippen LogP contribution >= 0.6 is 0 Å². The minimum Gasteiger partial charge on any atom is -0.467 e. The van der Waals surface area contributed by atoms with Crippen LogP contribution in [0.4, 0.5) is 0 Å². The summed E-state index contributed by atoms with van der Waals surface area (Å²) in [5.41, 5.74) is 0.278. The number of fused-ring (bicyclic) bond motifs is 1. The third-order valence-electron chi connectivity index (χ3n) is 4.24. The Hall–Kier alpha value is -2.85. The van der Waals surface area contributed by atoms with Gasteiger partial charge in [0.05, 0.1) is 12.8 Å². The first kappa shape index (κ1) is 13.8. The molecule has 1 atom stereocenters. The molecule has 2 heterocycles. The normalized spacial score (nSPS) is 19.9. The van der Waals surface area contributed by atoms with Crippen LogP contribution in [0.5, 0.6) is 0 Å². The number of carbonyl (C=O) groups is 1. The van der Waals surface area contributed by atoms with E-state index in [1.165, 1.54) is 4.90 Å². The summed E-state index contributed by atoms with van der Waals surface area (Å²) in [5, 5.41) is 11.5. The average Bonchev–Trinajstić information content (AvgIpc) is 3.19. The molecular weight excluding hydrogens is 290 g/mol. The minimum atomic E-state index is -1.50. The summed E-state index contributed by atoms with van der Waals surface area (Å²) >= 11 is 0. The molecule has 23 heavy (non-hydrogen) atoms. The molecule has 1 aromatic heterocycles. The van der Waals surface area contributed by atoms with Gasteiger partial charge in [0.15, 0.2) is 5.72 Å². The van der Waals surface area contributed by atoms with Crippen molar-refractivity contribution in [3.63, 3.8) is 0 Å². The molecule has 0 radical (unpaired) electrons. The number of hydrogen-bond acceptors (Lipinski definition) is 3. The fourth-order valence-electron chi connectivity index (χ4n) is 3.14. The van der Waals surface area contributed by atoms with Crippen molar-refractivity contribution >= 4 is 5.91 Å². The summed E-state index contributed by atoms with van der Waals surface area (Å²) < 4.78 is 5.37. The number of carbonyl (C=O) groups excluding carboxylic acids is 1. The van der Waals surface area contributed by atoms with E-state index in [0.29, 0.717) is 22.5 Å². The molecule has 2 aromatic carbocycles. The maximum atomic E-state index is 12.8. The predicted octanol–water partition coefficient (Wildman–Crippen LogP) is 3.13. The van der Waals surface area contributed by atoms with Crippen molar-refractivity contribution in [2.75, 3.05) is 0 Å². The largest absolute Gasteiger partial charge is 0.467 e. The van der Waals surface area contributed by atoms with E-state index in [9.17, 15) is 9.90 Å². The monoisotopic (exact) mass is 305 g/mol. The lowest BCUT2D eigenvalue weighted by Gasteiger charge is -2.34. The maximum Gasteiger partial charge on any atom is 0.257 e. The SMILES string of the molecule is O=C1c2ccccc2[C@@](O)(c2ccccc2)N1Cc1ccco1. The molecule has 1 amide bonds. The van der Waals surface area contributed by atoms with Crippen molar-refractivity contribution in [3.05, 3.63) is 95.4 Å². The lowest BCUT2D eigenvalue weighted by atomic mass is 9.94. The van der Waals surface area contributed by atoms with Crippen molar-refractivity contribution in [2.24, 2.45) is 0 Å². The zero-order valence-electron chi connectivity index (χ0n) is 12.3. The summed E-state index contributed by atoms with van der Waals surface area (Å²) in [7, 11) is 0. The molecule has 1 N–H and O–H groups in total. The van der Waals surface area contributed by atoms with Gasteiger partial charge in [-0.25, -0.2) is 0 Å². The predicted molar refractivity (Wildman–Crippen MR) is 84.5 cm³/mol. The number of amides is 1. The molecule has 1 aliphatic rings. The number of nitrogens with zero attached hydrogens (tertiary/aromatic N) is 1. The Labute approximate surface area is 133 Å². The molecule has 0 saturated carbocycles. The van der Waals surface area contributed by atoms with Gasteiger partial charge < -0.3 is 9.52 Å². The standard InChI is InChI=1S/C19H15NO3/c21-18-16-10-4-5-11-17(16)19(22,14-7-2-1-3-8-14)20(18)13-15-9-6-12-23-15/h1-12,22H,13H2/t19-/m0/s1. The molecule has 0 fully saturated rings. The summed E-state index contributed by atoms with van der Waals surface area (Å²) in [4.78, 5) is 14.3. The van der Waals surface area contributed by atoms with Gasteiger partial charge >= 0.3 is 0 Å². The highest BCUT2D eigenvalue weighted by Gasteiger charge is 2.49. The Balaban J connectivity index is 1.89. The van der Waals surface area contributed by atoms with Crippen molar-refractivity contribution in [1.82, 2.24) is 4.90 Å². The minimum absolute atomic E-state index is 0.200. The summed E-state index contributed by atoms with van der Waals surface area (Å²) in [6.45, 7) is 0.200. The van der Waals surface area contributed by atoms with E-state index in [-0.39, 0.29) is 12.5 Å². The van der Waals surface area contributed by atoms with Crippen LogP contribution in [0.3, 0.4) is 0 Å². The van der Waals surface area contributed by atoms with Gasteiger partial charge in [-0.15, -0.1) is 0 Å². The number of hydrogen-bond donors (Lipinski definition) is 1. The first-order valence-electron chi connectivity index (χ1n) is 7.43. The smallest absolute Gasteiger partial charge is 0.257 e. The molecule has 4 nitrogen and oxygen atoms in total. The number of benzene rings is 2. The van der Waals surface area contributed by atoms with E-state index in [0.717, 1.165) is 0 Å². The molecular formula is C19H15NO3. The second-order valence-corrected chi connectivity index (χ2v) is 5.55. The molecule has 1 aliphatic heterocycles. The first-order valence-corrected chi connectivity index (χ1v) is 7.43. The Kier molecular flexibility index (Phi) is 3.06. The highest BCUT2D eigenvalue weighted by molar-refractivity contribution is 6.00. The molecule has 4 heteroatoms. The van der Waals surface area contributed by atoms with Gasteiger partial charge in [-0.2, -0.15) is 0 Å². The quantitative estimate of drug-likeness (QED) is 0.809. The van der Waals surface area contributed by atoms with Gasteiger partial charge in [-0.1, -0.05) is 48.5 Å². The maximum absolute atomic E-state index is 12.8. The lowest BCUT2D eigenvalue weighted by molar-refractivity contribution is -0.0566. The summed E-state index contributed by atoms with van der Waals surface area (Å²) in [6.07, 6.45) is 1.56. The molecule has 0 unspecified atom stereocenters. The summed E-state index contributed by atoms with van der Waals surface area (Å²) in [6, 6.07) is 20.0. The third kappa shape index (κ3) is 1.99. The molecule has 114 valence electrons. The van der Waals surface area contributed by atoms with Crippen molar-refractivity contribution in [2.45, 2.75) is 12.3 Å². The van der Waals surface area contributed by atoms with E-state index < -0.39 is 5.72 Å².